The summed E-state index contributed by atoms with van der Waals surface area (Å²) in [6.45, 7) is 10.6. The van der Waals surface area contributed by atoms with Crippen LogP contribution in [-0.2, 0) is 46.2 Å². The van der Waals surface area contributed by atoms with Gasteiger partial charge in [0.15, 0.2) is 12.2 Å². The zero-order valence-corrected chi connectivity index (χ0v) is 31.9. The third-order valence-corrected chi connectivity index (χ3v) is 8.45. The van der Waals surface area contributed by atoms with E-state index in [1.165, 1.54) is 32.7 Å². The topological polar surface area (TPSA) is 100 Å². The van der Waals surface area contributed by atoms with Gasteiger partial charge < -0.3 is 24.3 Å². The first-order valence-corrected chi connectivity index (χ1v) is 18.7. The molecule has 1 N–H and O–H groups in total. The number of ether oxygens (including phenoxy) is 4. The molecule has 0 saturated carbocycles. The molecule has 4 aromatic rings. The average Bonchev–Trinajstić information content (AvgIpc) is 3.08. The van der Waals surface area contributed by atoms with E-state index in [0.29, 0.717) is 13.0 Å². The summed E-state index contributed by atoms with van der Waals surface area (Å²) >= 11 is 0. The molecule has 0 saturated heterocycles. The van der Waals surface area contributed by atoms with Crippen molar-refractivity contribution >= 4 is 39.4 Å². The number of rotatable bonds is 19. The van der Waals surface area contributed by atoms with Gasteiger partial charge in [-0.15, -0.1) is 0 Å². The zero-order valence-electron chi connectivity index (χ0n) is 31.9. The van der Waals surface area contributed by atoms with Gasteiger partial charge in [0.25, 0.3) is 5.91 Å². The third-order valence-electron chi connectivity index (χ3n) is 8.45. The Hall–Kier alpha value is -4.27. The maximum absolute atomic E-state index is 13.6. The minimum Gasteiger partial charge on any atom is -0.458 e. The molecule has 4 rings (SSSR count). The van der Waals surface area contributed by atoms with Gasteiger partial charge in [0, 0.05) is 13.2 Å². The number of carbonyl (C=O) groups is 3. The summed E-state index contributed by atoms with van der Waals surface area (Å²) in [5.74, 6) is -1.90. The number of nitrogens with one attached hydrogen (secondary N) is 1. The smallest absolute Gasteiger partial charge is 0.339 e. The van der Waals surface area contributed by atoms with Crippen molar-refractivity contribution < 1.29 is 33.3 Å². The molecular weight excluding hydrogens is 654 g/mol. The molecule has 0 aliphatic rings. The minimum atomic E-state index is -1.41. The predicted octanol–water partition coefficient (Wildman–Crippen LogP) is 8.69. The Morgan fingerprint density at radius 1 is 0.577 bits per heavy atom. The summed E-state index contributed by atoms with van der Waals surface area (Å²) in [4.78, 5) is 39.8. The monoisotopic (exact) mass is 711 g/mol. The van der Waals surface area contributed by atoms with Gasteiger partial charge in [-0.05, 0) is 113 Å². The standard InChI is InChI=1S/C44H57NO7/c1-43(2,3)51-38(46)31-50-39(41(47)45-27-15-7-9-17-32-23-25-34-19-11-13-21-36(34)29-32)40(42(48)52-44(4,5)6)49-28-16-8-10-18-33-24-26-35-20-12-14-22-37(35)30-33/h11-14,19-26,29-30,39-40H,7-10,15-18,27-28,31H2,1-6H3,(H,45,47)/t39-,40-/m1/s1. The molecule has 0 aliphatic carbocycles. The van der Waals surface area contributed by atoms with Crippen molar-refractivity contribution in [3.63, 3.8) is 0 Å². The van der Waals surface area contributed by atoms with Crippen LogP contribution in [0.3, 0.4) is 0 Å². The average molecular weight is 712 g/mol. The van der Waals surface area contributed by atoms with Gasteiger partial charge in [-0.1, -0.05) is 97.8 Å². The number of hydrogen-bond donors (Lipinski definition) is 1. The summed E-state index contributed by atoms with van der Waals surface area (Å²) in [5, 5.41) is 7.81. The second kappa shape index (κ2) is 19.5. The van der Waals surface area contributed by atoms with Gasteiger partial charge in [-0.25, -0.2) is 9.59 Å². The summed E-state index contributed by atoms with van der Waals surface area (Å²) in [7, 11) is 0. The van der Waals surface area contributed by atoms with E-state index in [1.807, 2.05) is 24.3 Å². The molecule has 0 fully saturated rings. The van der Waals surface area contributed by atoms with Crippen molar-refractivity contribution in [1.29, 1.82) is 0 Å². The van der Waals surface area contributed by atoms with Gasteiger partial charge in [-0.2, -0.15) is 0 Å². The molecule has 0 unspecified atom stereocenters. The highest BCUT2D eigenvalue weighted by atomic mass is 16.6. The fraction of sp³-hybridized carbons (Fsp3) is 0.477. The van der Waals surface area contributed by atoms with E-state index in [2.05, 4.69) is 66.0 Å². The van der Waals surface area contributed by atoms with Crippen LogP contribution in [0.1, 0.15) is 91.2 Å². The summed E-state index contributed by atoms with van der Waals surface area (Å²) in [6.07, 6.45) is 4.19. The molecular formula is C44H57NO7. The third kappa shape index (κ3) is 14.0. The second-order valence-corrected chi connectivity index (χ2v) is 15.4. The largest absolute Gasteiger partial charge is 0.458 e. The van der Waals surface area contributed by atoms with Crippen LogP contribution in [0.25, 0.3) is 21.5 Å². The van der Waals surface area contributed by atoms with E-state index >= 15 is 0 Å². The number of esters is 2. The summed E-state index contributed by atoms with van der Waals surface area (Å²) in [6, 6.07) is 29.7. The van der Waals surface area contributed by atoms with Crippen molar-refractivity contribution in [2.45, 2.75) is 116 Å². The maximum atomic E-state index is 13.6. The minimum absolute atomic E-state index is 0.218. The van der Waals surface area contributed by atoms with Crippen LogP contribution in [-0.4, -0.2) is 61.0 Å². The Balaban J connectivity index is 1.32. The van der Waals surface area contributed by atoms with Gasteiger partial charge in [-0.3, -0.25) is 4.79 Å². The van der Waals surface area contributed by atoms with E-state index in [1.54, 1.807) is 41.5 Å². The Morgan fingerprint density at radius 2 is 1.10 bits per heavy atom. The molecule has 2 atom stereocenters. The number of aryl methyl sites for hydroxylation is 2. The number of fused-ring (bicyclic) bond motifs is 2. The van der Waals surface area contributed by atoms with Crippen molar-refractivity contribution in [2.24, 2.45) is 0 Å². The molecule has 8 nitrogen and oxygen atoms in total. The van der Waals surface area contributed by atoms with E-state index in [9.17, 15) is 14.4 Å². The Kier molecular flexibility index (Phi) is 15.2. The first-order valence-electron chi connectivity index (χ1n) is 18.7. The molecule has 52 heavy (non-hydrogen) atoms. The number of carbonyl (C=O) groups excluding carboxylic acids is 3. The lowest BCUT2D eigenvalue weighted by Crippen LogP contribution is -2.51. The molecule has 4 aromatic carbocycles. The number of unbranched alkanes of at least 4 members (excludes halogenated alkanes) is 4. The van der Waals surface area contributed by atoms with Gasteiger partial charge in [0.2, 0.25) is 0 Å². The molecule has 1 amide bonds. The van der Waals surface area contributed by atoms with E-state index in [0.717, 1.165) is 44.9 Å². The normalized spacial score (nSPS) is 13.1. The van der Waals surface area contributed by atoms with Crippen molar-refractivity contribution in [3.05, 3.63) is 96.1 Å². The SMILES string of the molecule is CC(C)(C)OC(=O)CO[C@@H](C(=O)NCCCCCc1ccc2ccccc2c1)[C@@H](OCCCCCc1ccc2ccccc2c1)C(=O)OC(C)(C)C. The van der Waals surface area contributed by atoms with Gasteiger partial charge >= 0.3 is 11.9 Å². The van der Waals surface area contributed by atoms with Crippen LogP contribution in [0.2, 0.25) is 0 Å². The Labute approximate surface area is 309 Å². The lowest BCUT2D eigenvalue weighted by Gasteiger charge is -2.29. The second-order valence-electron chi connectivity index (χ2n) is 15.4. The molecule has 0 spiro atoms. The molecule has 0 aliphatic heterocycles. The molecule has 0 radical (unpaired) electrons. The maximum Gasteiger partial charge on any atom is 0.339 e. The van der Waals surface area contributed by atoms with Crippen LogP contribution in [0.15, 0.2) is 84.9 Å². The molecule has 0 heterocycles. The number of amides is 1. The quantitative estimate of drug-likeness (QED) is 0.0768. The van der Waals surface area contributed by atoms with Crippen LogP contribution in [0, 0.1) is 0 Å². The number of hydrogen-bond acceptors (Lipinski definition) is 7. The van der Waals surface area contributed by atoms with E-state index < -0.39 is 47.9 Å². The molecule has 8 heteroatoms. The molecule has 280 valence electrons. The highest BCUT2D eigenvalue weighted by Crippen LogP contribution is 2.20. The number of benzene rings is 4. The van der Waals surface area contributed by atoms with Crippen LogP contribution in [0.5, 0.6) is 0 Å². The lowest BCUT2D eigenvalue weighted by molar-refractivity contribution is -0.187. The van der Waals surface area contributed by atoms with E-state index in [-0.39, 0.29) is 6.61 Å². The Bertz CT molecular complexity index is 1750. The highest BCUT2D eigenvalue weighted by Gasteiger charge is 2.39. The summed E-state index contributed by atoms with van der Waals surface area (Å²) < 4.78 is 23.0. The fourth-order valence-electron chi connectivity index (χ4n) is 6.02. The van der Waals surface area contributed by atoms with Crippen molar-refractivity contribution in [1.82, 2.24) is 5.32 Å². The van der Waals surface area contributed by atoms with Crippen molar-refractivity contribution in [3.8, 4) is 0 Å². The first-order chi connectivity index (χ1) is 24.8. The Morgan fingerprint density at radius 3 is 1.63 bits per heavy atom. The zero-order chi connectivity index (χ0) is 37.6. The fourth-order valence-corrected chi connectivity index (χ4v) is 6.02. The molecule has 0 bridgehead atoms. The lowest BCUT2D eigenvalue weighted by atomic mass is 10.0. The predicted molar refractivity (Wildman–Crippen MR) is 207 cm³/mol. The van der Waals surface area contributed by atoms with Crippen molar-refractivity contribution in [2.75, 3.05) is 19.8 Å². The van der Waals surface area contributed by atoms with Gasteiger partial charge in [0.05, 0.1) is 0 Å². The first kappa shape index (κ1) is 40.5. The summed E-state index contributed by atoms with van der Waals surface area (Å²) in [5.41, 5.74) is 0.992. The van der Waals surface area contributed by atoms with Crippen LogP contribution >= 0.6 is 0 Å². The highest BCUT2D eigenvalue weighted by molar-refractivity contribution is 5.89. The van der Waals surface area contributed by atoms with Crippen LogP contribution in [0.4, 0.5) is 0 Å². The molecule has 0 aromatic heterocycles. The van der Waals surface area contributed by atoms with E-state index in [4.69, 9.17) is 18.9 Å². The van der Waals surface area contributed by atoms with Crippen LogP contribution < -0.4 is 5.32 Å². The van der Waals surface area contributed by atoms with Gasteiger partial charge in [0.1, 0.15) is 17.8 Å².